The summed E-state index contributed by atoms with van der Waals surface area (Å²) in [5.41, 5.74) is 1.14. The zero-order valence-corrected chi connectivity index (χ0v) is 10.4. The molecule has 0 aliphatic heterocycles. The molecular weight excluding hydrogens is 212 g/mol. The fourth-order valence-corrected chi connectivity index (χ4v) is 1.39. The van der Waals surface area contributed by atoms with Crippen LogP contribution < -0.4 is 0 Å². The van der Waals surface area contributed by atoms with Gasteiger partial charge in [-0.3, -0.25) is 0 Å². The fourth-order valence-electron chi connectivity index (χ4n) is 1.39. The molecule has 2 nitrogen and oxygen atoms in total. The maximum absolute atomic E-state index is 9.18. The van der Waals surface area contributed by atoms with Crippen molar-refractivity contribution < 1.29 is 9.84 Å². The first-order valence-electron chi connectivity index (χ1n) is 5.88. The van der Waals surface area contributed by atoms with Crippen molar-refractivity contribution in [2.24, 2.45) is 0 Å². The van der Waals surface area contributed by atoms with Gasteiger partial charge >= 0.3 is 0 Å². The summed E-state index contributed by atoms with van der Waals surface area (Å²) in [6.45, 7) is 4.01. The van der Waals surface area contributed by atoms with E-state index in [9.17, 15) is 5.11 Å². The molecule has 0 amide bonds. The van der Waals surface area contributed by atoms with Gasteiger partial charge in [0.1, 0.15) is 0 Å². The van der Waals surface area contributed by atoms with Crippen molar-refractivity contribution >= 4 is 6.08 Å². The first-order chi connectivity index (χ1) is 8.22. The van der Waals surface area contributed by atoms with E-state index in [-0.39, 0.29) is 6.10 Å². The fraction of sp³-hybridized carbons (Fsp3) is 0.333. The Bertz CT molecular complexity index is 352. The monoisotopic (exact) mass is 232 g/mol. The van der Waals surface area contributed by atoms with Crippen LogP contribution >= 0.6 is 0 Å². The van der Waals surface area contributed by atoms with Gasteiger partial charge in [0.25, 0.3) is 0 Å². The van der Waals surface area contributed by atoms with Crippen LogP contribution in [0.5, 0.6) is 0 Å². The minimum absolute atomic E-state index is 0.0881. The van der Waals surface area contributed by atoms with Crippen LogP contribution in [0.4, 0.5) is 0 Å². The maximum atomic E-state index is 9.18. The average Bonchev–Trinajstić information content (AvgIpc) is 2.34. The number of hydrogen-bond acceptors (Lipinski definition) is 2. The Kier molecular flexibility index (Phi) is 6.30. The Morgan fingerprint density at radius 3 is 2.53 bits per heavy atom. The van der Waals surface area contributed by atoms with E-state index in [1.165, 1.54) is 0 Å². The van der Waals surface area contributed by atoms with Gasteiger partial charge in [0.2, 0.25) is 0 Å². The number of aliphatic hydroxyl groups is 1. The van der Waals surface area contributed by atoms with E-state index in [2.05, 4.69) is 0 Å². The van der Waals surface area contributed by atoms with Gasteiger partial charge in [-0.1, -0.05) is 54.6 Å². The third-order valence-electron chi connectivity index (χ3n) is 2.19. The van der Waals surface area contributed by atoms with E-state index in [1.807, 2.05) is 61.6 Å². The molecule has 0 bridgehead atoms. The summed E-state index contributed by atoms with van der Waals surface area (Å²) in [5, 5.41) is 9.18. The molecule has 2 unspecified atom stereocenters. The van der Waals surface area contributed by atoms with E-state index < -0.39 is 6.10 Å². The minimum Gasteiger partial charge on any atom is -0.391 e. The number of ether oxygens (including phenoxy) is 1. The van der Waals surface area contributed by atoms with Crippen molar-refractivity contribution in [3.8, 4) is 0 Å². The number of aliphatic hydroxyl groups excluding tert-OH is 1. The first-order valence-corrected chi connectivity index (χ1v) is 5.88. The lowest BCUT2D eigenvalue weighted by Crippen LogP contribution is -2.16. The lowest BCUT2D eigenvalue weighted by atomic mass is 10.2. The summed E-state index contributed by atoms with van der Waals surface area (Å²) in [5.74, 6) is 0. The second-order valence-corrected chi connectivity index (χ2v) is 3.94. The first kappa shape index (κ1) is 13.7. The highest BCUT2D eigenvalue weighted by Crippen LogP contribution is 2.05. The van der Waals surface area contributed by atoms with Gasteiger partial charge in [-0.2, -0.15) is 0 Å². The second kappa shape index (κ2) is 7.82. The Morgan fingerprint density at radius 1 is 1.24 bits per heavy atom. The summed E-state index contributed by atoms with van der Waals surface area (Å²) in [6.07, 6.45) is 7.39. The Morgan fingerprint density at radius 2 is 1.94 bits per heavy atom. The number of benzene rings is 1. The Balaban J connectivity index is 2.57. The molecule has 17 heavy (non-hydrogen) atoms. The summed E-state index contributed by atoms with van der Waals surface area (Å²) in [4.78, 5) is 0. The van der Waals surface area contributed by atoms with Crippen molar-refractivity contribution in [3.05, 3.63) is 54.1 Å². The van der Waals surface area contributed by atoms with Crippen molar-refractivity contribution in [1.29, 1.82) is 0 Å². The molecule has 1 aromatic rings. The maximum Gasteiger partial charge on any atom is 0.0941 e. The third-order valence-corrected chi connectivity index (χ3v) is 2.19. The summed E-state index contributed by atoms with van der Waals surface area (Å²) < 4.78 is 5.54. The van der Waals surface area contributed by atoms with Gasteiger partial charge < -0.3 is 9.84 Å². The average molecular weight is 232 g/mol. The van der Waals surface area contributed by atoms with Crippen molar-refractivity contribution in [3.63, 3.8) is 0 Å². The van der Waals surface area contributed by atoms with Gasteiger partial charge in [0, 0.05) is 0 Å². The van der Waals surface area contributed by atoms with E-state index in [1.54, 1.807) is 6.92 Å². The van der Waals surface area contributed by atoms with Crippen LogP contribution in [0.15, 0.2) is 48.6 Å². The largest absolute Gasteiger partial charge is 0.391 e. The van der Waals surface area contributed by atoms with E-state index in [0.717, 1.165) is 5.56 Å². The van der Waals surface area contributed by atoms with Gasteiger partial charge in [-0.25, -0.2) is 0 Å². The molecule has 0 radical (unpaired) electrons. The van der Waals surface area contributed by atoms with E-state index in [4.69, 9.17) is 4.74 Å². The van der Waals surface area contributed by atoms with Crippen LogP contribution in [0.1, 0.15) is 19.4 Å². The molecule has 0 aliphatic rings. The molecule has 0 fully saturated rings. The van der Waals surface area contributed by atoms with E-state index >= 15 is 0 Å². The molecule has 2 heteroatoms. The molecule has 0 spiro atoms. The number of rotatable bonds is 6. The zero-order valence-electron chi connectivity index (χ0n) is 10.4. The van der Waals surface area contributed by atoms with Crippen molar-refractivity contribution in [1.82, 2.24) is 0 Å². The normalized spacial score (nSPS) is 15.5. The van der Waals surface area contributed by atoms with Crippen LogP contribution in [0, 0.1) is 0 Å². The third kappa shape index (κ3) is 6.05. The molecule has 0 saturated heterocycles. The molecule has 0 aromatic heterocycles. The standard InChI is InChI=1S/C15H20O2/c1-3-7-15(17-12-13(2)16)11-10-14-8-5-4-6-9-14/h3-11,13,15-16H,12H2,1-2H3. The molecule has 0 aliphatic carbocycles. The quantitative estimate of drug-likeness (QED) is 0.764. The Hall–Kier alpha value is -1.38. The van der Waals surface area contributed by atoms with Crippen LogP contribution in [0.3, 0.4) is 0 Å². The van der Waals surface area contributed by atoms with Crippen LogP contribution in [-0.2, 0) is 4.74 Å². The predicted octanol–water partition coefficient (Wildman–Crippen LogP) is 3.04. The molecule has 1 rings (SSSR count). The lowest BCUT2D eigenvalue weighted by molar-refractivity contribution is 0.0350. The van der Waals surface area contributed by atoms with Crippen LogP contribution in [0.25, 0.3) is 6.08 Å². The second-order valence-electron chi connectivity index (χ2n) is 3.94. The number of allylic oxidation sites excluding steroid dienone is 1. The molecular formula is C15H20O2. The van der Waals surface area contributed by atoms with Crippen molar-refractivity contribution in [2.45, 2.75) is 26.1 Å². The summed E-state index contributed by atoms with van der Waals surface area (Å²) >= 11 is 0. The molecule has 1 N–H and O–H groups in total. The lowest BCUT2D eigenvalue weighted by Gasteiger charge is -2.11. The number of hydrogen-bond donors (Lipinski definition) is 1. The topological polar surface area (TPSA) is 29.5 Å². The SMILES string of the molecule is CC=CC(C=Cc1ccccc1)OCC(C)O. The zero-order chi connectivity index (χ0) is 12.5. The molecule has 0 saturated carbocycles. The molecule has 92 valence electrons. The highest BCUT2D eigenvalue weighted by molar-refractivity contribution is 5.49. The van der Waals surface area contributed by atoms with Crippen LogP contribution in [0.2, 0.25) is 0 Å². The van der Waals surface area contributed by atoms with Crippen LogP contribution in [-0.4, -0.2) is 23.9 Å². The van der Waals surface area contributed by atoms with Gasteiger partial charge in [0.05, 0.1) is 18.8 Å². The molecule has 1 aromatic carbocycles. The minimum atomic E-state index is -0.437. The van der Waals surface area contributed by atoms with E-state index in [0.29, 0.717) is 6.61 Å². The summed E-state index contributed by atoms with van der Waals surface area (Å²) in [6, 6.07) is 10.1. The van der Waals surface area contributed by atoms with Gasteiger partial charge in [-0.15, -0.1) is 0 Å². The van der Waals surface area contributed by atoms with Crippen molar-refractivity contribution in [2.75, 3.05) is 6.61 Å². The highest BCUT2D eigenvalue weighted by atomic mass is 16.5. The molecule has 2 atom stereocenters. The summed E-state index contributed by atoms with van der Waals surface area (Å²) in [7, 11) is 0. The smallest absolute Gasteiger partial charge is 0.0941 e. The van der Waals surface area contributed by atoms with Gasteiger partial charge in [-0.05, 0) is 19.4 Å². The molecule has 0 heterocycles. The highest BCUT2D eigenvalue weighted by Gasteiger charge is 2.02. The predicted molar refractivity (Wildman–Crippen MR) is 71.7 cm³/mol. The Labute approximate surface area is 103 Å². The van der Waals surface area contributed by atoms with Gasteiger partial charge in [0.15, 0.2) is 0 Å².